The number of nitrogens with zero attached hydrogens (tertiary/aromatic N) is 3. The summed E-state index contributed by atoms with van der Waals surface area (Å²) in [6.07, 6.45) is 3.61. The van der Waals surface area contributed by atoms with Crippen LogP contribution in [0.2, 0.25) is 0 Å². The van der Waals surface area contributed by atoms with Crippen LogP contribution < -0.4 is 5.32 Å². The van der Waals surface area contributed by atoms with Crippen LogP contribution in [-0.4, -0.2) is 66.9 Å². The number of likely N-dealkylation sites (tertiary alicyclic amines) is 1. The second-order valence-corrected chi connectivity index (χ2v) is 8.28. The lowest BCUT2D eigenvalue weighted by Crippen LogP contribution is -2.43. The number of rotatable bonds is 9. The van der Waals surface area contributed by atoms with Crippen molar-refractivity contribution in [3.8, 4) is 0 Å². The predicted octanol–water partition coefficient (Wildman–Crippen LogP) is 3.10. The Balaban J connectivity index is 1.37. The minimum absolute atomic E-state index is 0.00353. The molecule has 0 bridgehead atoms. The summed E-state index contributed by atoms with van der Waals surface area (Å²) in [5, 5.41) is 2.91. The van der Waals surface area contributed by atoms with E-state index in [0.717, 1.165) is 37.2 Å². The lowest BCUT2D eigenvalue weighted by molar-refractivity contribution is 0.0886. The molecule has 0 atom stereocenters. The van der Waals surface area contributed by atoms with E-state index in [2.05, 4.69) is 15.2 Å². The van der Waals surface area contributed by atoms with Crippen LogP contribution in [-0.2, 0) is 17.9 Å². The van der Waals surface area contributed by atoms with Crippen molar-refractivity contribution in [1.82, 2.24) is 20.1 Å². The first-order valence-corrected chi connectivity index (χ1v) is 10.9. The number of carbonyl (C=O) groups excluding carboxylic acids is 2. The molecule has 1 saturated heterocycles. The number of nitrogens with one attached hydrogen (secondary N) is 1. The largest absolute Gasteiger partial charge is 0.380 e. The van der Waals surface area contributed by atoms with Crippen molar-refractivity contribution in [2.45, 2.75) is 26.0 Å². The van der Waals surface area contributed by atoms with Crippen molar-refractivity contribution < 1.29 is 18.7 Å². The number of urea groups is 1. The zero-order chi connectivity index (χ0) is 22.9. The fourth-order valence-corrected chi connectivity index (χ4v) is 3.84. The Morgan fingerprint density at radius 1 is 1.19 bits per heavy atom. The zero-order valence-corrected chi connectivity index (χ0v) is 18.7. The summed E-state index contributed by atoms with van der Waals surface area (Å²) in [4.78, 5) is 33.0. The number of hydrogen-bond donors (Lipinski definition) is 1. The van der Waals surface area contributed by atoms with Gasteiger partial charge < -0.3 is 15.0 Å². The molecule has 2 amide bonds. The van der Waals surface area contributed by atoms with Gasteiger partial charge in [0.15, 0.2) is 5.78 Å². The monoisotopic (exact) mass is 442 g/mol. The Hall–Kier alpha value is -2.84. The number of carbonyl (C=O) groups is 2. The third kappa shape index (κ3) is 7.10. The molecule has 1 N–H and O–H groups in total. The van der Waals surface area contributed by atoms with Gasteiger partial charge in [-0.05, 0) is 67.7 Å². The van der Waals surface area contributed by atoms with E-state index in [1.807, 2.05) is 12.1 Å². The summed E-state index contributed by atoms with van der Waals surface area (Å²) in [6, 6.07) is 9.39. The van der Waals surface area contributed by atoms with Crippen LogP contribution in [0.15, 0.2) is 42.6 Å². The molecule has 3 rings (SSSR count). The Morgan fingerprint density at radius 2 is 1.91 bits per heavy atom. The highest BCUT2D eigenvalue weighted by atomic mass is 19.1. The molecule has 0 unspecified atom stereocenters. The average molecular weight is 443 g/mol. The van der Waals surface area contributed by atoms with Crippen molar-refractivity contribution in [3.63, 3.8) is 0 Å². The SMILES string of the molecule is COCc1ccc(CNC(=O)N(C)CC2CCN(CC(=O)c3ccc(F)cc3)CC2)nc1. The van der Waals surface area contributed by atoms with Crippen LogP contribution in [0.25, 0.3) is 0 Å². The second-order valence-electron chi connectivity index (χ2n) is 8.28. The van der Waals surface area contributed by atoms with E-state index < -0.39 is 0 Å². The molecular formula is C24H31FN4O3. The molecule has 0 aliphatic carbocycles. The van der Waals surface area contributed by atoms with Crippen LogP contribution >= 0.6 is 0 Å². The second kappa shape index (κ2) is 11.7. The van der Waals surface area contributed by atoms with E-state index in [0.29, 0.717) is 37.7 Å². The minimum atomic E-state index is -0.341. The van der Waals surface area contributed by atoms with Crippen molar-refractivity contribution >= 4 is 11.8 Å². The van der Waals surface area contributed by atoms with Crippen LogP contribution in [0.1, 0.15) is 34.5 Å². The number of hydrogen-bond acceptors (Lipinski definition) is 5. The van der Waals surface area contributed by atoms with Gasteiger partial charge in [-0.2, -0.15) is 0 Å². The number of piperidine rings is 1. The van der Waals surface area contributed by atoms with Crippen molar-refractivity contribution in [3.05, 3.63) is 65.2 Å². The van der Waals surface area contributed by atoms with Crippen LogP contribution in [0.5, 0.6) is 0 Å². The van der Waals surface area contributed by atoms with Crippen LogP contribution in [0.4, 0.5) is 9.18 Å². The summed E-state index contributed by atoms with van der Waals surface area (Å²) in [5.41, 5.74) is 2.32. The highest BCUT2D eigenvalue weighted by Gasteiger charge is 2.23. The van der Waals surface area contributed by atoms with E-state index >= 15 is 0 Å². The predicted molar refractivity (Wildman–Crippen MR) is 120 cm³/mol. The molecule has 32 heavy (non-hydrogen) atoms. The Labute approximate surface area is 188 Å². The van der Waals surface area contributed by atoms with Crippen molar-refractivity contribution in [1.29, 1.82) is 0 Å². The molecule has 1 aromatic carbocycles. The molecule has 1 fully saturated rings. The molecule has 8 heteroatoms. The van der Waals surface area contributed by atoms with Gasteiger partial charge in [-0.25, -0.2) is 9.18 Å². The quantitative estimate of drug-likeness (QED) is 0.604. The third-order valence-electron chi connectivity index (χ3n) is 5.74. The third-order valence-corrected chi connectivity index (χ3v) is 5.74. The smallest absolute Gasteiger partial charge is 0.317 e. The average Bonchev–Trinajstić information content (AvgIpc) is 2.80. The molecular weight excluding hydrogens is 411 g/mol. The number of ether oxygens (including phenoxy) is 1. The molecule has 1 aromatic heterocycles. The first-order chi connectivity index (χ1) is 15.4. The van der Waals surface area contributed by atoms with Gasteiger partial charge in [0.25, 0.3) is 0 Å². The van der Waals surface area contributed by atoms with Crippen LogP contribution in [0, 0.1) is 11.7 Å². The number of pyridine rings is 1. The Kier molecular flexibility index (Phi) is 8.70. The van der Waals surface area contributed by atoms with Crippen molar-refractivity contribution in [2.75, 3.05) is 40.3 Å². The molecule has 0 saturated carbocycles. The topological polar surface area (TPSA) is 74.8 Å². The summed E-state index contributed by atoms with van der Waals surface area (Å²) < 4.78 is 18.1. The van der Waals surface area contributed by atoms with Gasteiger partial charge in [-0.15, -0.1) is 0 Å². The summed E-state index contributed by atoms with van der Waals surface area (Å²) in [5.74, 6) is 0.0601. The molecule has 0 spiro atoms. The Bertz CT molecular complexity index is 881. The number of methoxy groups -OCH3 is 1. The zero-order valence-electron chi connectivity index (χ0n) is 18.7. The summed E-state index contributed by atoms with van der Waals surface area (Å²) >= 11 is 0. The van der Waals surface area contributed by atoms with Gasteiger partial charge >= 0.3 is 6.03 Å². The first kappa shape index (κ1) is 23.8. The van der Waals surface area contributed by atoms with Gasteiger partial charge in [0.1, 0.15) is 5.82 Å². The van der Waals surface area contributed by atoms with Gasteiger partial charge in [0.2, 0.25) is 0 Å². The maximum Gasteiger partial charge on any atom is 0.317 e. The number of ketones is 1. The molecule has 7 nitrogen and oxygen atoms in total. The lowest BCUT2D eigenvalue weighted by atomic mass is 9.96. The van der Waals surface area contributed by atoms with E-state index in [4.69, 9.17) is 4.74 Å². The van der Waals surface area contributed by atoms with Gasteiger partial charge in [-0.3, -0.25) is 14.7 Å². The fraction of sp³-hybridized carbons (Fsp3) is 0.458. The number of benzene rings is 1. The maximum atomic E-state index is 13.0. The number of halogens is 1. The lowest BCUT2D eigenvalue weighted by Gasteiger charge is -2.33. The molecule has 1 aliphatic heterocycles. The van der Waals surface area contributed by atoms with E-state index in [9.17, 15) is 14.0 Å². The van der Waals surface area contributed by atoms with Crippen molar-refractivity contribution in [2.24, 2.45) is 5.92 Å². The molecule has 172 valence electrons. The minimum Gasteiger partial charge on any atom is -0.380 e. The van der Waals surface area contributed by atoms with Gasteiger partial charge in [0.05, 0.1) is 25.4 Å². The fourth-order valence-electron chi connectivity index (χ4n) is 3.84. The highest BCUT2D eigenvalue weighted by molar-refractivity contribution is 5.97. The highest BCUT2D eigenvalue weighted by Crippen LogP contribution is 2.18. The number of Topliss-reactive ketones (excluding diaryl/α,β-unsaturated/α-hetero) is 1. The van der Waals surface area contributed by atoms with Gasteiger partial charge in [0, 0.05) is 32.5 Å². The number of aromatic nitrogens is 1. The first-order valence-electron chi connectivity index (χ1n) is 10.9. The standard InChI is InChI=1S/C24H31FN4O3/c1-28(24(31)27-14-22-8-3-19(13-26-22)17-32-2)15-18-9-11-29(12-10-18)16-23(30)20-4-6-21(25)7-5-20/h3-8,13,18H,9-12,14-17H2,1-2H3,(H,27,31). The number of amides is 2. The maximum absolute atomic E-state index is 13.0. The summed E-state index contributed by atoms with van der Waals surface area (Å²) in [6.45, 7) is 3.52. The van der Waals surface area contributed by atoms with Gasteiger partial charge in [-0.1, -0.05) is 6.07 Å². The molecule has 2 aromatic rings. The Morgan fingerprint density at radius 3 is 2.53 bits per heavy atom. The summed E-state index contributed by atoms with van der Waals surface area (Å²) in [7, 11) is 3.44. The molecule has 1 aliphatic rings. The molecule has 2 heterocycles. The van der Waals surface area contributed by atoms with Crippen LogP contribution in [0.3, 0.4) is 0 Å². The van der Waals surface area contributed by atoms with E-state index in [-0.39, 0.29) is 17.6 Å². The molecule has 0 radical (unpaired) electrons. The van der Waals surface area contributed by atoms with E-state index in [1.54, 1.807) is 25.3 Å². The van der Waals surface area contributed by atoms with E-state index in [1.165, 1.54) is 24.3 Å². The normalized spacial score (nSPS) is 14.8.